The molecule has 0 aliphatic rings. The molecule has 3 aromatic rings. The Labute approximate surface area is 214 Å². The largest absolute Gasteiger partial charge is 0.507 e. The van der Waals surface area contributed by atoms with Crippen LogP contribution >= 0.6 is 0 Å². The van der Waals surface area contributed by atoms with Crippen molar-refractivity contribution in [2.45, 2.75) is 67.3 Å². The Hall–Kier alpha value is -3.41. The standard InChI is InChI=1S/C24H30N2O3.C6H9F/c1-16(2)15-22(27)19-11-12-23(17(3)24(19)28)29-14-8-7-13-26-18(4)25-20-9-5-6-10-21(20)26;1-3-4-5-6(2)7/h5-6,9-12,16,28H,7-8,13-15H2,1-4H3;3-5H,1-2H3/b;4-3-,6-5+. The van der Waals surface area contributed by atoms with Crippen LogP contribution in [0.2, 0.25) is 0 Å². The average Bonchev–Trinajstić information content (AvgIpc) is 3.15. The normalized spacial score (nSPS) is 11.7. The summed E-state index contributed by atoms with van der Waals surface area (Å²) in [6.07, 6.45) is 7.14. The van der Waals surface area contributed by atoms with E-state index in [0.717, 1.165) is 36.2 Å². The minimum atomic E-state index is -0.155. The van der Waals surface area contributed by atoms with Crippen LogP contribution in [-0.4, -0.2) is 27.0 Å². The molecule has 5 nitrogen and oxygen atoms in total. The lowest BCUT2D eigenvalue weighted by molar-refractivity contribution is 0.0965. The summed E-state index contributed by atoms with van der Waals surface area (Å²) in [5.74, 6) is 1.76. The van der Waals surface area contributed by atoms with E-state index in [-0.39, 0.29) is 23.3 Å². The molecule has 3 rings (SSSR count). The predicted molar refractivity (Wildman–Crippen MR) is 146 cm³/mol. The quantitative estimate of drug-likeness (QED) is 0.177. The summed E-state index contributed by atoms with van der Waals surface area (Å²) in [7, 11) is 0. The summed E-state index contributed by atoms with van der Waals surface area (Å²) in [5.41, 5.74) is 3.19. The number of phenols is 1. The second kappa shape index (κ2) is 14.2. The molecule has 0 unspecified atom stereocenters. The van der Waals surface area contributed by atoms with Gasteiger partial charge in [0.05, 0.1) is 29.0 Å². The number of hydrogen-bond acceptors (Lipinski definition) is 4. The Kier molecular flexibility index (Phi) is 11.4. The lowest BCUT2D eigenvalue weighted by Crippen LogP contribution is -2.06. The maximum Gasteiger partial charge on any atom is 0.166 e. The molecule has 36 heavy (non-hydrogen) atoms. The first kappa shape index (κ1) is 28.8. The van der Waals surface area contributed by atoms with Crippen LogP contribution in [0, 0.1) is 19.8 Å². The molecule has 1 heterocycles. The van der Waals surface area contributed by atoms with Crippen molar-refractivity contribution in [2.75, 3.05) is 6.61 Å². The summed E-state index contributed by atoms with van der Waals surface area (Å²) < 4.78 is 19.8. The molecule has 0 saturated carbocycles. The second-order valence-electron chi connectivity index (χ2n) is 9.24. The van der Waals surface area contributed by atoms with E-state index in [4.69, 9.17) is 4.74 Å². The van der Waals surface area contributed by atoms with Crippen molar-refractivity contribution in [1.82, 2.24) is 9.55 Å². The number of imidazole rings is 1. The van der Waals surface area contributed by atoms with E-state index >= 15 is 0 Å². The third kappa shape index (κ3) is 8.36. The summed E-state index contributed by atoms with van der Waals surface area (Å²) in [6.45, 7) is 12.5. The number of rotatable bonds is 10. The highest BCUT2D eigenvalue weighted by molar-refractivity contribution is 5.99. The van der Waals surface area contributed by atoms with Crippen molar-refractivity contribution in [3.63, 3.8) is 0 Å². The highest BCUT2D eigenvalue weighted by Crippen LogP contribution is 2.32. The maximum atomic E-state index is 12.3. The van der Waals surface area contributed by atoms with Crippen molar-refractivity contribution < 1.29 is 19.0 Å². The minimum absolute atomic E-state index is 0.0323. The molecule has 1 N–H and O–H groups in total. The zero-order valence-corrected chi connectivity index (χ0v) is 22.3. The number of unbranched alkanes of at least 4 members (excludes halogenated alkanes) is 1. The zero-order valence-electron chi connectivity index (χ0n) is 22.3. The van der Waals surface area contributed by atoms with Gasteiger partial charge in [0.15, 0.2) is 5.78 Å². The van der Waals surface area contributed by atoms with Crippen LogP contribution in [0.3, 0.4) is 0 Å². The van der Waals surface area contributed by atoms with Gasteiger partial charge in [-0.05, 0) is 76.8 Å². The lowest BCUT2D eigenvalue weighted by Gasteiger charge is -2.14. The molecule has 0 bridgehead atoms. The molecular formula is C30H39FN2O3. The molecule has 0 radical (unpaired) electrons. The number of aromatic nitrogens is 2. The van der Waals surface area contributed by atoms with Crippen LogP contribution in [0.4, 0.5) is 4.39 Å². The Morgan fingerprint density at radius 1 is 1.17 bits per heavy atom. The van der Waals surface area contributed by atoms with Gasteiger partial charge in [-0.1, -0.05) is 38.1 Å². The number of Topliss-reactive ketones (excluding diaryl/α,β-unsaturated/α-hetero) is 1. The van der Waals surface area contributed by atoms with E-state index in [9.17, 15) is 14.3 Å². The molecule has 0 fully saturated rings. The van der Waals surface area contributed by atoms with Gasteiger partial charge in [-0.25, -0.2) is 9.37 Å². The van der Waals surface area contributed by atoms with Gasteiger partial charge in [-0.3, -0.25) is 4.79 Å². The SMILES string of the molecule is C/C=C\C=C(/C)F.Cc1c(OCCCCn2c(C)nc3ccccc32)ccc(C(=O)CC(C)C)c1O. The van der Waals surface area contributed by atoms with Crippen molar-refractivity contribution in [3.8, 4) is 11.5 Å². The van der Waals surface area contributed by atoms with Gasteiger partial charge < -0.3 is 14.4 Å². The number of ether oxygens (including phenoxy) is 1. The summed E-state index contributed by atoms with van der Waals surface area (Å²) in [4.78, 5) is 16.9. The molecule has 0 spiro atoms. The summed E-state index contributed by atoms with van der Waals surface area (Å²) >= 11 is 0. The third-order valence-corrected chi connectivity index (χ3v) is 5.67. The second-order valence-corrected chi connectivity index (χ2v) is 9.24. The summed E-state index contributed by atoms with van der Waals surface area (Å²) in [5, 5.41) is 10.4. The van der Waals surface area contributed by atoms with Gasteiger partial charge in [0.2, 0.25) is 0 Å². The molecule has 194 valence electrons. The molecule has 0 saturated heterocycles. The fraction of sp³-hybridized carbons (Fsp3) is 0.400. The molecule has 0 aliphatic carbocycles. The fourth-order valence-electron chi connectivity index (χ4n) is 3.80. The number of fused-ring (bicyclic) bond motifs is 1. The van der Waals surface area contributed by atoms with Gasteiger partial charge in [0.1, 0.15) is 17.3 Å². The van der Waals surface area contributed by atoms with Crippen LogP contribution in [0.15, 0.2) is 60.5 Å². The number of phenolic OH excluding ortho intramolecular Hbond substituents is 1. The van der Waals surface area contributed by atoms with Crippen molar-refractivity contribution >= 4 is 16.8 Å². The topological polar surface area (TPSA) is 64.4 Å². The fourth-order valence-corrected chi connectivity index (χ4v) is 3.80. The number of halogens is 1. The summed E-state index contributed by atoms with van der Waals surface area (Å²) in [6, 6.07) is 11.6. The predicted octanol–water partition coefficient (Wildman–Crippen LogP) is 7.88. The van der Waals surface area contributed by atoms with E-state index in [1.807, 2.05) is 45.9 Å². The van der Waals surface area contributed by atoms with Gasteiger partial charge in [-0.15, -0.1) is 0 Å². The minimum Gasteiger partial charge on any atom is -0.507 e. The van der Waals surface area contributed by atoms with E-state index in [1.54, 1.807) is 31.2 Å². The smallest absolute Gasteiger partial charge is 0.166 e. The van der Waals surface area contributed by atoms with E-state index < -0.39 is 0 Å². The van der Waals surface area contributed by atoms with E-state index in [0.29, 0.717) is 29.9 Å². The lowest BCUT2D eigenvalue weighted by atomic mass is 9.98. The first-order valence-electron chi connectivity index (χ1n) is 12.5. The number of aryl methyl sites for hydroxylation is 2. The molecule has 6 heteroatoms. The number of nitrogens with zero attached hydrogens (tertiary/aromatic N) is 2. The molecule has 1 aromatic heterocycles. The Morgan fingerprint density at radius 2 is 1.89 bits per heavy atom. The van der Waals surface area contributed by atoms with Crippen molar-refractivity contribution in [2.24, 2.45) is 5.92 Å². The van der Waals surface area contributed by atoms with Crippen molar-refractivity contribution in [3.05, 3.63) is 77.4 Å². The number of benzene rings is 2. The number of ketones is 1. The Bertz CT molecular complexity index is 1200. The highest BCUT2D eigenvalue weighted by Gasteiger charge is 2.17. The maximum absolute atomic E-state index is 12.3. The molecule has 0 atom stereocenters. The number of hydrogen-bond donors (Lipinski definition) is 1. The van der Waals surface area contributed by atoms with Gasteiger partial charge in [0, 0.05) is 18.5 Å². The van der Waals surface area contributed by atoms with Gasteiger partial charge >= 0.3 is 0 Å². The van der Waals surface area contributed by atoms with Gasteiger partial charge in [0.25, 0.3) is 0 Å². The van der Waals surface area contributed by atoms with E-state index in [2.05, 4.69) is 15.6 Å². The van der Waals surface area contributed by atoms with Crippen LogP contribution in [-0.2, 0) is 6.54 Å². The Morgan fingerprint density at radius 3 is 2.53 bits per heavy atom. The van der Waals surface area contributed by atoms with Gasteiger partial charge in [-0.2, -0.15) is 0 Å². The Balaban J connectivity index is 0.000000572. The van der Waals surface area contributed by atoms with Crippen LogP contribution in [0.1, 0.15) is 68.7 Å². The number of allylic oxidation sites excluding steroid dienone is 4. The van der Waals surface area contributed by atoms with E-state index in [1.165, 1.54) is 13.0 Å². The third-order valence-electron chi connectivity index (χ3n) is 5.67. The number of carbonyl (C=O) groups excluding carboxylic acids is 1. The molecule has 2 aromatic carbocycles. The molecule has 0 aliphatic heterocycles. The zero-order chi connectivity index (χ0) is 26.7. The van der Waals surface area contributed by atoms with Crippen LogP contribution in [0.5, 0.6) is 11.5 Å². The average molecular weight is 495 g/mol. The number of para-hydroxylation sites is 2. The van der Waals surface area contributed by atoms with Crippen LogP contribution in [0.25, 0.3) is 11.0 Å². The number of carbonyl (C=O) groups is 1. The molecular weight excluding hydrogens is 455 g/mol. The monoisotopic (exact) mass is 494 g/mol. The van der Waals surface area contributed by atoms with Crippen LogP contribution < -0.4 is 4.74 Å². The first-order valence-corrected chi connectivity index (χ1v) is 12.5. The molecule has 0 amide bonds. The first-order chi connectivity index (χ1) is 17.1. The highest BCUT2D eigenvalue weighted by atomic mass is 19.1. The number of aromatic hydroxyl groups is 1. The van der Waals surface area contributed by atoms with Crippen molar-refractivity contribution in [1.29, 1.82) is 0 Å².